The van der Waals surface area contributed by atoms with Gasteiger partial charge in [0.1, 0.15) is 11.9 Å². The van der Waals surface area contributed by atoms with Gasteiger partial charge in [0, 0.05) is 10.6 Å². The van der Waals surface area contributed by atoms with E-state index < -0.39 is 6.10 Å². The Bertz CT molecular complexity index is 549. The summed E-state index contributed by atoms with van der Waals surface area (Å²) >= 11 is 5.86. The van der Waals surface area contributed by atoms with Gasteiger partial charge in [0.05, 0.1) is 7.11 Å². The summed E-state index contributed by atoms with van der Waals surface area (Å²) in [7, 11) is 1.61. The number of ether oxygens (including phenoxy) is 1. The zero-order valence-corrected chi connectivity index (χ0v) is 11.8. The molecule has 0 aliphatic rings. The molecule has 1 unspecified atom stereocenters. The second-order valence-electron chi connectivity index (χ2n) is 4.38. The van der Waals surface area contributed by atoms with Crippen molar-refractivity contribution in [3.05, 3.63) is 64.2 Å². The lowest BCUT2D eigenvalue weighted by Gasteiger charge is -2.16. The molecule has 0 aliphatic carbocycles. The topological polar surface area (TPSA) is 29.5 Å². The van der Waals surface area contributed by atoms with E-state index in [0.717, 1.165) is 17.5 Å². The number of halogens is 1. The van der Waals surface area contributed by atoms with Gasteiger partial charge in [0.15, 0.2) is 0 Å². The first kappa shape index (κ1) is 13.9. The van der Waals surface area contributed by atoms with Gasteiger partial charge >= 0.3 is 0 Å². The molecule has 0 bridgehead atoms. The molecular formula is C16H17ClO2. The summed E-state index contributed by atoms with van der Waals surface area (Å²) in [6.45, 7) is 2.08. The molecule has 0 heterocycles. The highest BCUT2D eigenvalue weighted by atomic mass is 35.5. The summed E-state index contributed by atoms with van der Waals surface area (Å²) in [4.78, 5) is 0. The zero-order valence-electron chi connectivity index (χ0n) is 11.1. The molecule has 0 amide bonds. The third-order valence-corrected chi connectivity index (χ3v) is 3.43. The van der Waals surface area contributed by atoms with Crippen molar-refractivity contribution in [2.24, 2.45) is 0 Å². The minimum atomic E-state index is -0.710. The van der Waals surface area contributed by atoms with Gasteiger partial charge in [-0.2, -0.15) is 0 Å². The first-order chi connectivity index (χ1) is 9.15. The molecule has 0 spiro atoms. The Morgan fingerprint density at radius 1 is 1.16 bits per heavy atom. The summed E-state index contributed by atoms with van der Waals surface area (Å²) in [5, 5.41) is 11.1. The molecule has 2 rings (SSSR count). The lowest BCUT2D eigenvalue weighted by atomic mass is 9.98. The average molecular weight is 277 g/mol. The van der Waals surface area contributed by atoms with E-state index in [1.54, 1.807) is 19.2 Å². The van der Waals surface area contributed by atoms with Crippen molar-refractivity contribution in [1.29, 1.82) is 0 Å². The number of aryl methyl sites for hydroxylation is 1. The van der Waals surface area contributed by atoms with E-state index in [2.05, 4.69) is 6.92 Å². The Kier molecular flexibility index (Phi) is 4.46. The predicted molar refractivity (Wildman–Crippen MR) is 77.9 cm³/mol. The van der Waals surface area contributed by atoms with Crippen LogP contribution in [0.25, 0.3) is 0 Å². The van der Waals surface area contributed by atoms with Crippen molar-refractivity contribution >= 4 is 11.6 Å². The highest BCUT2D eigenvalue weighted by Gasteiger charge is 2.15. The molecule has 100 valence electrons. The minimum Gasteiger partial charge on any atom is -0.496 e. The van der Waals surface area contributed by atoms with Crippen LogP contribution in [0.3, 0.4) is 0 Å². The van der Waals surface area contributed by atoms with Crippen LogP contribution in [-0.2, 0) is 6.42 Å². The monoisotopic (exact) mass is 276 g/mol. The number of benzene rings is 2. The lowest BCUT2D eigenvalue weighted by Crippen LogP contribution is -2.03. The molecule has 2 aromatic rings. The van der Waals surface area contributed by atoms with Crippen LogP contribution >= 0.6 is 11.6 Å². The van der Waals surface area contributed by atoms with Crippen LogP contribution in [0.15, 0.2) is 42.5 Å². The first-order valence-electron chi connectivity index (χ1n) is 6.26. The molecule has 0 aliphatic heterocycles. The number of methoxy groups -OCH3 is 1. The van der Waals surface area contributed by atoms with Crippen molar-refractivity contribution < 1.29 is 9.84 Å². The second kappa shape index (κ2) is 6.09. The van der Waals surface area contributed by atoms with E-state index in [0.29, 0.717) is 10.8 Å². The zero-order chi connectivity index (χ0) is 13.8. The highest BCUT2D eigenvalue weighted by Crippen LogP contribution is 2.31. The largest absolute Gasteiger partial charge is 0.496 e. The van der Waals surface area contributed by atoms with E-state index >= 15 is 0 Å². The van der Waals surface area contributed by atoms with Crippen LogP contribution in [-0.4, -0.2) is 12.2 Å². The Labute approximate surface area is 118 Å². The van der Waals surface area contributed by atoms with Gasteiger partial charge in [0.2, 0.25) is 0 Å². The molecule has 0 aromatic heterocycles. The molecule has 1 atom stereocenters. The van der Waals surface area contributed by atoms with Crippen LogP contribution < -0.4 is 4.74 Å². The molecule has 0 saturated carbocycles. The summed E-state index contributed by atoms with van der Waals surface area (Å²) in [5.74, 6) is 0.694. The molecule has 2 aromatic carbocycles. The number of aliphatic hydroxyl groups is 1. The number of hydrogen-bond donors (Lipinski definition) is 1. The van der Waals surface area contributed by atoms with Crippen LogP contribution in [0.1, 0.15) is 29.7 Å². The average Bonchev–Trinajstić information content (AvgIpc) is 2.46. The molecular weight excluding hydrogens is 260 g/mol. The standard InChI is InChI=1S/C16H17ClO2/c1-3-11-4-9-15(19-2)14(10-11)16(18)12-5-7-13(17)8-6-12/h4-10,16,18H,3H2,1-2H3. The van der Waals surface area contributed by atoms with Gasteiger partial charge in [0.25, 0.3) is 0 Å². The molecule has 0 saturated heterocycles. The number of aliphatic hydroxyl groups excluding tert-OH is 1. The van der Waals surface area contributed by atoms with E-state index in [4.69, 9.17) is 16.3 Å². The van der Waals surface area contributed by atoms with Crippen molar-refractivity contribution in [2.45, 2.75) is 19.4 Å². The van der Waals surface area contributed by atoms with E-state index in [9.17, 15) is 5.11 Å². The van der Waals surface area contributed by atoms with Gasteiger partial charge in [-0.25, -0.2) is 0 Å². The Morgan fingerprint density at radius 2 is 1.84 bits per heavy atom. The van der Waals surface area contributed by atoms with E-state index in [1.165, 1.54) is 5.56 Å². The Balaban J connectivity index is 2.41. The third-order valence-electron chi connectivity index (χ3n) is 3.18. The Morgan fingerprint density at radius 3 is 2.42 bits per heavy atom. The fraction of sp³-hybridized carbons (Fsp3) is 0.250. The van der Waals surface area contributed by atoms with Gasteiger partial charge in [-0.1, -0.05) is 36.7 Å². The van der Waals surface area contributed by atoms with E-state index in [1.807, 2.05) is 30.3 Å². The minimum absolute atomic E-state index is 0.658. The Hall–Kier alpha value is -1.51. The van der Waals surface area contributed by atoms with Crippen LogP contribution in [0.2, 0.25) is 5.02 Å². The van der Waals surface area contributed by atoms with Crippen LogP contribution in [0.5, 0.6) is 5.75 Å². The number of rotatable bonds is 4. The fourth-order valence-electron chi connectivity index (χ4n) is 2.04. The SMILES string of the molecule is CCc1ccc(OC)c(C(O)c2ccc(Cl)cc2)c1. The maximum atomic E-state index is 10.5. The van der Waals surface area contributed by atoms with Crippen molar-refractivity contribution in [3.8, 4) is 5.75 Å². The molecule has 2 nitrogen and oxygen atoms in total. The molecule has 1 N–H and O–H groups in total. The molecule has 19 heavy (non-hydrogen) atoms. The quantitative estimate of drug-likeness (QED) is 0.915. The second-order valence-corrected chi connectivity index (χ2v) is 4.82. The normalized spacial score (nSPS) is 12.2. The fourth-order valence-corrected chi connectivity index (χ4v) is 2.17. The van der Waals surface area contributed by atoms with Crippen molar-refractivity contribution in [1.82, 2.24) is 0 Å². The maximum Gasteiger partial charge on any atom is 0.125 e. The highest BCUT2D eigenvalue weighted by molar-refractivity contribution is 6.30. The summed E-state index contributed by atoms with van der Waals surface area (Å²) in [6, 6.07) is 13.1. The maximum absolute atomic E-state index is 10.5. The molecule has 0 fully saturated rings. The first-order valence-corrected chi connectivity index (χ1v) is 6.63. The predicted octanol–water partition coefficient (Wildman–Crippen LogP) is 3.99. The van der Waals surface area contributed by atoms with Gasteiger partial charge < -0.3 is 9.84 Å². The molecule has 0 radical (unpaired) electrons. The third kappa shape index (κ3) is 3.09. The van der Waals surface area contributed by atoms with Gasteiger partial charge in [-0.05, 0) is 41.8 Å². The molecule has 3 heteroatoms. The van der Waals surface area contributed by atoms with Gasteiger partial charge in [-0.3, -0.25) is 0 Å². The van der Waals surface area contributed by atoms with Crippen molar-refractivity contribution in [2.75, 3.05) is 7.11 Å². The van der Waals surface area contributed by atoms with Gasteiger partial charge in [-0.15, -0.1) is 0 Å². The number of hydrogen-bond acceptors (Lipinski definition) is 2. The lowest BCUT2D eigenvalue weighted by molar-refractivity contribution is 0.214. The smallest absolute Gasteiger partial charge is 0.125 e. The van der Waals surface area contributed by atoms with Crippen molar-refractivity contribution in [3.63, 3.8) is 0 Å². The van der Waals surface area contributed by atoms with Crippen LogP contribution in [0, 0.1) is 0 Å². The summed E-state index contributed by atoms with van der Waals surface area (Å²) in [5.41, 5.74) is 2.75. The van der Waals surface area contributed by atoms with E-state index in [-0.39, 0.29) is 0 Å². The van der Waals surface area contributed by atoms with Crippen LogP contribution in [0.4, 0.5) is 0 Å². The summed E-state index contributed by atoms with van der Waals surface area (Å²) < 4.78 is 5.33. The summed E-state index contributed by atoms with van der Waals surface area (Å²) in [6.07, 6.45) is 0.211.